The molecule has 20 heavy (non-hydrogen) atoms. The average molecular weight is 362 g/mol. The summed E-state index contributed by atoms with van der Waals surface area (Å²) in [4.78, 5) is 14.2. The van der Waals surface area contributed by atoms with Crippen LogP contribution in [0.4, 0.5) is 0 Å². The third-order valence-corrected chi connectivity index (χ3v) is 4.66. The molecule has 4 nitrogen and oxygen atoms in total. The number of hydrogen-bond donors (Lipinski definition) is 2. The molecule has 1 unspecified atom stereocenters. The van der Waals surface area contributed by atoms with Crippen molar-refractivity contribution in [2.75, 3.05) is 26.2 Å². The van der Waals surface area contributed by atoms with Gasteiger partial charge in [-0.05, 0) is 53.5 Å². The summed E-state index contributed by atoms with van der Waals surface area (Å²) >= 11 is 9.34. The van der Waals surface area contributed by atoms with E-state index in [-0.39, 0.29) is 12.5 Å². The van der Waals surface area contributed by atoms with Gasteiger partial charge in [0.2, 0.25) is 0 Å². The molecule has 1 amide bonds. The molecule has 1 aliphatic heterocycles. The van der Waals surface area contributed by atoms with Crippen molar-refractivity contribution in [3.8, 4) is 0 Å². The Kier molecular flexibility index (Phi) is 5.84. The number of hydrogen-bond acceptors (Lipinski definition) is 3. The minimum Gasteiger partial charge on any atom is -0.395 e. The number of nitrogens with zero attached hydrogens (tertiary/aromatic N) is 1. The number of aliphatic hydroxyl groups is 1. The first-order chi connectivity index (χ1) is 9.61. The van der Waals surface area contributed by atoms with Crippen LogP contribution in [0.15, 0.2) is 22.7 Å². The lowest BCUT2D eigenvalue weighted by Crippen LogP contribution is -2.42. The third-order valence-electron chi connectivity index (χ3n) is 3.43. The van der Waals surface area contributed by atoms with Gasteiger partial charge in [0.15, 0.2) is 0 Å². The largest absolute Gasteiger partial charge is 0.395 e. The van der Waals surface area contributed by atoms with Gasteiger partial charge in [-0.3, -0.25) is 4.79 Å². The Labute approximate surface area is 132 Å². The number of aliphatic hydroxyl groups excluding tert-OH is 1. The number of benzene rings is 1. The van der Waals surface area contributed by atoms with Crippen LogP contribution in [0.3, 0.4) is 0 Å². The monoisotopic (exact) mass is 360 g/mol. The van der Waals surface area contributed by atoms with Crippen molar-refractivity contribution in [2.24, 2.45) is 0 Å². The number of nitrogens with one attached hydrogen (secondary N) is 1. The summed E-state index contributed by atoms with van der Waals surface area (Å²) in [6.07, 6.45) is 2.20. The smallest absolute Gasteiger partial charge is 0.254 e. The average Bonchev–Trinajstić information content (AvgIpc) is 2.93. The van der Waals surface area contributed by atoms with Crippen molar-refractivity contribution < 1.29 is 9.90 Å². The van der Waals surface area contributed by atoms with E-state index < -0.39 is 0 Å². The zero-order valence-electron chi connectivity index (χ0n) is 11.1. The molecule has 1 atom stereocenters. The molecule has 1 heterocycles. The van der Waals surface area contributed by atoms with Crippen molar-refractivity contribution in [3.63, 3.8) is 0 Å². The van der Waals surface area contributed by atoms with Crippen LogP contribution in [0.5, 0.6) is 0 Å². The summed E-state index contributed by atoms with van der Waals surface area (Å²) in [5.74, 6) is -0.0952. The van der Waals surface area contributed by atoms with E-state index in [1.807, 2.05) is 0 Å². The van der Waals surface area contributed by atoms with Crippen LogP contribution >= 0.6 is 27.5 Å². The molecule has 2 rings (SSSR count). The first kappa shape index (κ1) is 15.8. The van der Waals surface area contributed by atoms with Crippen LogP contribution in [-0.4, -0.2) is 48.2 Å². The molecular formula is C14H18BrClN2O2. The number of amides is 1. The lowest BCUT2D eigenvalue weighted by Gasteiger charge is -2.25. The minimum absolute atomic E-state index is 0.0390. The van der Waals surface area contributed by atoms with Crippen molar-refractivity contribution >= 4 is 33.4 Å². The zero-order valence-corrected chi connectivity index (χ0v) is 13.5. The van der Waals surface area contributed by atoms with Crippen molar-refractivity contribution in [3.05, 3.63) is 33.3 Å². The van der Waals surface area contributed by atoms with Gasteiger partial charge in [0.05, 0.1) is 11.6 Å². The van der Waals surface area contributed by atoms with E-state index in [9.17, 15) is 4.79 Å². The van der Waals surface area contributed by atoms with Crippen LogP contribution in [0, 0.1) is 0 Å². The zero-order chi connectivity index (χ0) is 14.5. The molecule has 1 aromatic carbocycles. The highest BCUT2D eigenvalue weighted by molar-refractivity contribution is 9.10. The molecule has 110 valence electrons. The van der Waals surface area contributed by atoms with Crippen LogP contribution in [0.2, 0.25) is 5.02 Å². The Balaban J connectivity index is 2.10. The molecule has 1 saturated heterocycles. The van der Waals surface area contributed by atoms with Gasteiger partial charge >= 0.3 is 0 Å². The number of carbonyl (C=O) groups excluding carboxylic acids is 1. The van der Waals surface area contributed by atoms with E-state index in [1.165, 1.54) is 0 Å². The standard InChI is InChI=1S/C14H18BrClN2O2/c15-12-4-3-10(8-13(12)16)14(20)18(6-7-19)9-11-2-1-5-17-11/h3-4,8,11,17,19H,1-2,5-7,9H2. The van der Waals surface area contributed by atoms with Crippen LogP contribution < -0.4 is 5.32 Å². The number of rotatable bonds is 5. The molecule has 0 saturated carbocycles. The summed E-state index contributed by atoms with van der Waals surface area (Å²) < 4.78 is 0.766. The van der Waals surface area contributed by atoms with Crippen molar-refractivity contribution in [2.45, 2.75) is 18.9 Å². The Morgan fingerprint density at radius 1 is 1.55 bits per heavy atom. The highest BCUT2D eigenvalue weighted by Gasteiger charge is 2.22. The predicted molar refractivity (Wildman–Crippen MR) is 83.2 cm³/mol. The van der Waals surface area contributed by atoms with Gasteiger partial charge in [-0.25, -0.2) is 0 Å². The Bertz CT molecular complexity index is 478. The number of carbonyl (C=O) groups is 1. The van der Waals surface area contributed by atoms with E-state index >= 15 is 0 Å². The van der Waals surface area contributed by atoms with Gasteiger partial charge in [-0.15, -0.1) is 0 Å². The minimum atomic E-state index is -0.0952. The molecule has 2 N–H and O–H groups in total. The van der Waals surface area contributed by atoms with Gasteiger partial charge < -0.3 is 15.3 Å². The SMILES string of the molecule is O=C(c1ccc(Br)c(Cl)c1)N(CCO)CC1CCCN1. The number of halogens is 2. The highest BCUT2D eigenvalue weighted by Crippen LogP contribution is 2.24. The topological polar surface area (TPSA) is 52.6 Å². The Morgan fingerprint density at radius 2 is 2.35 bits per heavy atom. The fourth-order valence-corrected chi connectivity index (χ4v) is 2.81. The molecule has 0 radical (unpaired) electrons. The summed E-state index contributed by atoms with van der Waals surface area (Å²) in [7, 11) is 0. The quantitative estimate of drug-likeness (QED) is 0.846. The molecule has 0 bridgehead atoms. The summed E-state index contributed by atoms with van der Waals surface area (Å²) in [6.45, 7) is 1.91. The second-order valence-corrected chi connectivity index (χ2v) is 6.16. The van der Waals surface area contributed by atoms with Gasteiger partial charge in [0.25, 0.3) is 5.91 Å². The summed E-state index contributed by atoms with van der Waals surface area (Å²) in [5, 5.41) is 13.0. The van der Waals surface area contributed by atoms with Crippen LogP contribution in [0.25, 0.3) is 0 Å². The molecule has 6 heteroatoms. The van der Waals surface area contributed by atoms with Crippen molar-refractivity contribution in [1.82, 2.24) is 10.2 Å². The van der Waals surface area contributed by atoms with E-state index in [0.717, 1.165) is 23.9 Å². The molecule has 1 aliphatic rings. The van der Waals surface area contributed by atoms with E-state index in [4.69, 9.17) is 16.7 Å². The van der Waals surface area contributed by atoms with Gasteiger partial charge in [0.1, 0.15) is 0 Å². The second kappa shape index (κ2) is 7.41. The Morgan fingerprint density at radius 3 is 2.95 bits per heavy atom. The third kappa shape index (κ3) is 3.95. The first-order valence-electron chi connectivity index (χ1n) is 6.70. The highest BCUT2D eigenvalue weighted by atomic mass is 79.9. The van der Waals surface area contributed by atoms with E-state index in [1.54, 1.807) is 23.1 Å². The van der Waals surface area contributed by atoms with Crippen LogP contribution in [-0.2, 0) is 0 Å². The maximum absolute atomic E-state index is 12.5. The summed E-state index contributed by atoms with van der Waals surface area (Å²) in [6, 6.07) is 5.47. The second-order valence-electron chi connectivity index (χ2n) is 4.90. The normalized spacial score (nSPS) is 18.2. The predicted octanol–water partition coefficient (Wildman–Crippen LogP) is 2.29. The van der Waals surface area contributed by atoms with Crippen molar-refractivity contribution in [1.29, 1.82) is 0 Å². The molecular weight excluding hydrogens is 344 g/mol. The molecule has 0 aliphatic carbocycles. The van der Waals surface area contributed by atoms with Gasteiger partial charge in [-0.2, -0.15) is 0 Å². The maximum Gasteiger partial charge on any atom is 0.254 e. The first-order valence-corrected chi connectivity index (χ1v) is 7.87. The Hall–Kier alpha value is -0.620. The maximum atomic E-state index is 12.5. The lowest BCUT2D eigenvalue weighted by molar-refractivity contribution is 0.0706. The fourth-order valence-electron chi connectivity index (χ4n) is 2.39. The molecule has 1 aromatic rings. The molecule has 1 fully saturated rings. The molecule has 0 spiro atoms. The van der Waals surface area contributed by atoms with E-state index in [2.05, 4.69) is 21.2 Å². The summed E-state index contributed by atoms with van der Waals surface area (Å²) in [5.41, 5.74) is 0.546. The lowest BCUT2D eigenvalue weighted by atomic mass is 10.1. The van der Waals surface area contributed by atoms with Gasteiger partial charge in [0, 0.05) is 29.2 Å². The van der Waals surface area contributed by atoms with Gasteiger partial charge in [-0.1, -0.05) is 11.6 Å². The van der Waals surface area contributed by atoms with E-state index in [0.29, 0.717) is 29.7 Å². The molecule has 0 aromatic heterocycles. The van der Waals surface area contributed by atoms with Crippen LogP contribution in [0.1, 0.15) is 23.2 Å². The fraction of sp³-hybridized carbons (Fsp3) is 0.500.